The van der Waals surface area contributed by atoms with Gasteiger partial charge in [-0.3, -0.25) is 0 Å². The molecule has 202 valence electrons. The van der Waals surface area contributed by atoms with Crippen LogP contribution in [0.2, 0.25) is 0 Å². The lowest BCUT2D eigenvalue weighted by atomic mass is 9.99. The highest BCUT2D eigenvalue weighted by atomic mass is 19.4. The van der Waals surface area contributed by atoms with Crippen molar-refractivity contribution in [2.24, 2.45) is 0 Å². The normalized spacial score (nSPS) is 18.1. The van der Waals surface area contributed by atoms with Crippen LogP contribution in [-0.2, 0) is 22.1 Å². The fourth-order valence-corrected chi connectivity index (χ4v) is 4.86. The predicted molar refractivity (Wildman–Crippen MR) is 132 cm³/mol. The smallest absolute Gasteiger partial charge is 0.416 e. The van der Waals surface area contributed by atoms with Gasteiger partial charge in [0.15, 0.2) is 12.6 Å². The van der Waals surface area contributed by atoms with Crippen LogP contribution in [0.15, 0.2) is 18.2 Å². The summed E-state index contributed by atoms with van der Waals surface area (Å²) in [5, 5.41) is 8.88. The molecule has 2 aliphatic heterocycles. The summed E-state index contributed by atoms with van der Waals surface area (Å²) in [6, 6.07) is 4.00. The van der Waals surface area contributed by atoms with Crippen molar-refractivity contribution in [1.29, 1.82) is 0 Å². The largest absolute Gasteiger partial charge is 0.467 e. The Morgan fingerprint density at radius 2 is 1.89 bits per heavy atom. The third-order valence-corrected chi connectivity index (χ3v) is 6.45. The maximum atomic E-state index is 13.4. The van der Waals surface area contributed by atoms with Crippen LogP contribution in [0, 0.1) is 6.92 Å². The van der Waals surface area contributed by atoms with Gasteiger partial charge < -0.3 is 24.0 Å². The molecule has 0 saturated carbocycles. The number of ether oxygens (including phenoxy) is 3. The Hall–Kier alpha value is -3.08. The summed E-state index contributed by atoms with van der Waals surface area (Å²) >= 11 is 0. The lowest BCUT2D eigenvalue weighted by Gasteiger charge is -2.38. The molecule has 0 radical (unpaired) electrons. The summed E-state index contributed by atoms with van der Waals surface area (Å²) in [5.74, 6) is 0.780. The molecule has 0 spiro atoms. The number of anilines is 1. The second-order valence-electron chi connectivity index (χ2n) is 10.5. The van der Waals surface area contributed by atoms with E-state index >= 15 is 0 Å². The zero-order valence-corrected chi connectivity index (χ0v) is 21.8. The summed E-state index contributed by atoms with van der Waals surface area (Å²) in [4.78, 5) is 16.5. The number of carbonyl (C=O) groups excluding carboxylic acids is 1. The van der Waals surface area contributed by atoms with Crippen molar-refractivity contribution < 1.29 is 32.2 Å². The van der Waals surface area contributed by atoms with E-state index in [1.54, 1.807) is 11.8 Å². The number of hydrogen-bond donors (Lipinski definition) is 0. The molecule has 1 saturated heterocycles. The molecular weight excluding hydrogens is 489 g/mol. The zero-order chi connectivity index (χ0) is 27.0. The van der Waals surface area contributed by atoms with Gasteiger partial charge in [-0.2, -0.15) is 13.2 Å². The van der Waals surface area contributed by atoms with Crippen LogP contribution >= 0.6 is 0 Å². The van der Waals surface area contributed by atoms with Crippen molar-refractivity contribution in [3.8, 4) is 17.0 Å². The number of piperidine rings is 1. The first-order chi connectivity index (χ1) is 17.4. The van der Waals surface area contributed by atoms with Crippen molar-refractivity contribution >= 4 is 11.9 Å². The van der Waals surface area contributed by atoms with E-state index in [0.717, 1.165) is 42.9 Å². The maximum Gasteiger partial charge on any atom is 0.416 e. The number of likely N-dealkylation sites (tertiary alicyclic amines) is 1. The van der Waals surface area contributed by atoms with Crippen LogP contribution in [0.5, 0.6) is 5.75 Å². The molecule has 0 unspecified atom stereocenters. The summed E-state index contributed by atoms with van der Waals surface area (Å²) in [6.45, 7) is 8.84. The van der Waals surface area contributed by atoms with Crippen LogP contribution in [0.4, 0.5) is 23.8 Å². The molecule has 8 nitrogen and oxygen atoms in total. The molecule has 37 heavy (non-hydrogen) atoms. The van der Waals surface area contributed by atoms with Gasteiger partial charge in [0.05, 0.1) is 11.3 Å². The van der Waals surface area contributed by atoms with Crippen LogP contribution in [0.3, 0.4) is 0 Å². The Kier molecular flexibility index (Phi) is 7.55. The first kappa shape index (κ1) is 27.0. The van der Waals surface area contributed by atoms with Gasteiger partial charge in [0.2, 0.25) is 0 Å². The quantitative estimate of drug-likeness (QED) is 0.499. The number of amides is 1. The zero-order valence-electron chi connectivity index (χ0n) is 21.8. The van der Waals surface area contributed by atoms with E-state index in [9.17, 15) is 18.0 Å². The molecule has 3 heterocycles. The minimum atomic E-state index is -4.51. The van der Waals surface area contributed by atoms with Crippen molar-refractivity contribution in [2.75, 3.05) is 38.4 Å². The van der Waals surface area contributed by atoms with E-state index in [1.165, 1.54) is 7.11 Å². The minimum absolute atomic E-state index is 0.0403. The number of nitrogens with zero attached hydrogens (tertiary/aromatic N) is 4. The topological polar surface area (TPSA) is 77.0 Å². The molecular formula is C26H33F3N4O4. The average Bonchev–Trinajstić information content (AvgIpc) is 3.24. The van der Waals surface area contributed by atoms with Gasteiger partial charge in [0.25, 0.3) is 0 Å². The lowest BCUT2D eigenvalue weighted by molar-refractivity contribution is -0.137. The number of carbonyl (C=O) groups is 1. The molecule has 0 bridgehead atoms. The number of benzene rings is 1. The fourth-order valence-electron chi connectivity index (χ4n) is 4.86. The Morgan fingerprint density at radius 1 is 1.14 bits per heavy atom. The van der Waals surface area contributed by atoms with E-state index in [0.29, 0.717) is 36.3 Å². The van der Waals surface area contributed by atoms with Crippen LogP contribution in [-0.4, -0.2) is 66.4 Å². The van der Waals surface area contributed by atoms with Crippen molar-refractivity contribution in [1.82, 2.24) is 15.1 Å². The van der Waals surface area contributed by atoms with Crippen molar-refractivity contribution in [3.05, 3.63) is 34.9 Å². The highest BCUT2D eigenvalue weighted by Gasteiger charge is 2.35. The van der Waals surface area contributed by atoms with E-state index in [4.69, 9.17) is 14.2 Å². The standard InChI is InChI=1S/C26H33F3N4O4/c1-16-11-18(26(27,28)29)13-21(36-15-35-5)22(16)20-12-17-8-10-33(23(17)31-30-20)19-7-6-9-32(14-19)24(34)37-25(2,3)4/h11-13,19H,6-10,14-15H2,1-5H3/t19-/m1/s1. The highest BCUT2D eigenvalue weighted by molar-refractivity contribution is 5.74. The maximum absolute atomic E-state index is 13.4. The van der Waals surface area contributed by atoms with Gasteiger partial charge in [-0.1, -0.05) is 0 Å². The van der Waals surface area contributed by atoms with E-state index in [2.05, 4.69) is 15.1 Å². The first-order valence-electron chi connectivity index (χ1n) is 12.3. The van der Waals surface area contributed by atoms with E-state index < -0.39 is 17.3 Å². The predicted octanol–water partition coefficient (Wildman–Crippen LogP) is 5.22. The number of aryl methyl sites for hydroxylation is 1. The number of rotatable bonds is 5. The van der Waals surface area contributed by atoms with E-state index in [1.807, 2.05) is 26.8 Å². The number of halogens is 3. The third kappa shape index (κ3) is 6.08. The highest BCUT2D eigenvalue weighted by Crippen LogP contribution is 2.40. The summed E-state index contributed by atoms with van der Waals surface area (Å²) in [7, 11) is 1.40. The number of aromatic nitrogens is 2. The summed E-state index contributed by atoms with van der Waals surface area (Å²) in [5.41, 5.74) is 0.868. The van der Waals surface area contributed by atoms with Gasteiger partial charge >= 0.3 is 12.3 Å². The fraction of sp³-hybridized carbons (Fsp3) is 0.577. The summed E-state index contributed by atoms with van der Waals surface area (Å²) < 4.78 is 56.2. The van der Waals surface area contributed by atoms with Gasteiger partial charge in [-0.15, -0.1) is 10.2 Å². The molecule has 0 aliphatic carbocycles. The molecule has 0 N–H and O–H groups in total. The lowest BCUT2D eigenvalue weighted by Crippen LogP contribution is -2.50. The van der Waals surface area contributed by atoms with Gasteiger partial charge in [0.1, 0.15) is 11.4 Å². The molecule has 2 aromatic rings. The molecule has 1 fully saturated rings. The van der Waals surface area contributed by atoms with E-state index in [-0.39, 0.29) is 24.7 Å². The minimum Gasteiger partial charge on any atom is -0.467 e. The Morgan fingerprint density at radius 3 is 2.57 bits per heavy atom. The molecule has 1 aromatic heterocycles. The Balaban J connectivity index is 1.59. The number of hydrogen-bond acceptors (Lipinski definition) is 7. The molecule has 2 aliphatic rings. The van der Waals surface area contributed by atoms with Crippen molar-refractivity contribution in [3.63, 3.8) is 0 Å². The molecule has 11 heteroatoms. The number of fused-ring (bicyclic) bond motifs is 1. The Labute approximate surface area is 214 Å². The monoisotopic (exact) mass is 522 g/mol. The second-order valence-corrected chi connectivity index (χ2v) is 10.5. The number of alkyl halides is 3. The molecule has 1 amide bonds. The molecule has 1 aromatic carbocycles. The Bertz CT molecular complexity index is 1150. The third-order valence-electron chi connectivity index (χ3n) is 6.45. The SMILES string of the molecule is COCOc1cc(C(F)(F)F)cc(C)c1-c1cc2c(nn1)N([C@@H]1CCCN(C(=O)OC(C)(C)C)C1)CC2. The van der Waals surface area contributed by atoms with Gasteiger partial charge in [-0.25, -0.2) is 4.79 Å². The first-order valence-corrected chi connectivity index (χ1v) is 12.3. The number of methoxy groups -OCH3 is 1. The van der Waals surface area contributed by atoms with Gasteiger partial charge in [0, 0.05) is 43.9 Å². The van der Waals surface area contributed by atoms with Crippen molar-refractivity contribution in [2.45, 2.75) is 64.8 Å². The van der Waals surface area contributed by atoms with Crippen LogP contribution < -0.4 is 9.64 Å². The average molecular weight is 523 g/mol. The van der Waals surface area contributed by atoms with Crippen LogP contribution in [0.1, 0.15) is 50.3 Å². The summed E-state index contributed by atoms with van der Waals surface area (Å²) in [6.07, 6.45) is -2.35. The molecule has 4 rings (SSSR count). The molecule has 1 atom stereocenters. The van der Waals surface area contributed by atoms with Crippen LogP contribution in [0.25, 0.3) is 11.3 Å². The second kappa shape index (κ2) is 10.4. The van der Waals surface area contributed by atoms with Gasteiger partial charge in [-0.05, 0) is 70.7 Å².